The maximum absolute atomic E-state index is 13.7. The summed E-state index contributed by atoms with van der Waals surface area (Å²) in [6.07, 6.45) is 8.65. The molecule has 0 spiro atoms. The normalized spacial score (nSPS) is 17.7. The van der Waals surface area contributed by atoms with E-state index >= 15 is 0 Å². The molecule has 2 aliphatic rings. The second-order valence-electron chi connectivity index (χ2n) is 7.99. The van der Waals surface area contributed by atoms with Crippen LogP contribution in [0.15, 0.2) is 54.5 Å². The van der Waals surface area contributed by atoms with E-state index < -0.39 is 5.82 Å². The van der Waals surface area contributed by atoms with Crippen molar-refractivity contribution in [2.45, 2.75) is 31.7 Å². The Morgan fingerprint density at radius 1 is 1.13 bits per heavy atom. The van der Waals surface area contributed by atoms with Crippen molar-refractivity contribution in [2.75, 3.05) is 5.32 Å². The molecule has 1 atom stereocenters. The quantitative estimate of drug-likeness (QED) is 0.386. The van der Waals surface area contributed by atoms with Gasteiger partial charge in [0.15, 0.2) is 11.5 Å². The van der Waals surface area contributed by atoms with Crippen molar-refractivity contribution in [2.24, 2.45) is 0 Å². The van der Waals surface area contributed by atoms with Crippen LogP contribution in [-0.2, 0) is 6.42 Å². The van der Waals surface area contributed by atoms with E-state index in [1.165, 1.54) is 29.0 Å². The van der Waals surface area contributed by atoms with Crippen LogP contribution < -0.4 is 5.32 Å². The molecule has 1 aromatic carbocycles. The van der Waals surface area contributed by atoms with Crippen molar-refractivity contribution >= 4 is 39.8 Å². The highest BCUT2D eigenvalue weighted by Gasteiger charge is 2.28. The fraction of sp³-hybridized carbons (Fsp3) is 0.217. The fourth-order valence-electron chi connectivity index (χ4n) is 4.60. The topological polar surface area (TPSA) is 68.0 Å². The van der Waals surface area contributed by atoms with Crippen molar-refractivity contribution in [3.63, 3.8) is 0 Å². The van der Waals surface area contributed by atoms with Crippen LogP contribution in [0.3, 0.4) is 0 Å². The van der Waals surface area contributed by atoms with Crippen LogP contribution in [0.4, 0.5) is 10.3 Å². The van der Waals surface area contributed by atoms with Gasteiger partial charge in [-0.3, -0.25) is 4.98 Å². The lowest BCUT2D eigenvalue weighted by Crippen LogP contribution is -2.25. The number of rotatable bonds is 3. The predicted octanol–water partition coefficient (Wildman–Crippen LogP) is 4.90. The third-order valence-corrected chi connectivity index (χ3v) is 6.80. The SMILES string of the molecule is Fc1cncc(-c2nc(N[C@@H]3CCC4=C(C3)c3ccccc3C4)n3ncc(I)c3n2)c1. The van der Waals surface area contributed by atoms with Gasteiger partial charge in [0.2, 0.25) is 5.95 Å². The Labute approximate surface area is 191 Å². The number of anilines is 1. The van der Waals surface area contributed by atoms with Gasteiger partial charge in [-0.05, 0) is 71.0 Å². The minimum absolute atomic E-state index is 0.239. The summed E-state index contributed by atoms with van der Waals surface area (Å²) in [4.78, 5) is 13.3. The Balaban J connectivity index is 1.36. The van der Waals surface area contributed by atoms with Crippen LogP contribution in [0.5, 0.6) is 0 Å². The standard InChI is InChI=1S/C23H18FIN6/c24-16-8-15(10-26-11-16)21-29-22-20(25)12-27-31(22)23(30-21)28-17-6-5-14-7-13-3-1-2-4-18(13)19(14)9-17/h1-4,8,10-12,17H,5-7,9H2,(H,28,29,30)/t17-/m1/s1. The molecule has 1 N–H and O–H groups in total. The molecule has 0 saturated heterocycles. The molecule has 4 aromatic rings. The first-order chi connectivity index (χ1) is 15.2. The molecule has 0 fully saturated rings. The molecule has 0 unspecified atom stereocenters. The minimum atomic E-state index is -0.412. The molecule has 0 radical (unpaired) electrons. The Bertz CT molecular complexity index is 1360. The van der Waals surface area contributed by atoms with E-state index in [0.29, 0.717) is 23.0 Å². The number of aromatic nitrogens is 5. The maximum Gasteiger partial charge on any atom is 0.228 e. The first kappa shape index (κ1) is 18.9. The zero-order chi connectivity index (χ0) is 20.9. The molecule has 0 saturated carbocycles. The van der Waals surface area contributed by atoms with Gasteiger partial charge in [-0.25, -0.2) is 9.37 Å². The third kappa shape index (κ3) is 3.29. The van der Waals surface area contributed by atoms with Crippen LogP contribution in [0, 0.1) is 9.39 Å². The summed E-state index contributed by atoms with van der Waals surface area (Å²) in [5.74, 6) is 0.639. The molecule has 0 amide bonds. The molecule has 3 heterocycles. The number of benzene rings is 1. The van der Waals surface area contributed by atoms with Crippen LogP contribution >= 0.6 is 22.6 Å². The Hall–Kier alpha value is -2.88. The lowest BCUT2D eigenvalue weighted by Gasteiger charge is -2.26. The molecule has 3 aromatic heterocycles. The molecule has 2 aliphatic carbocycles. The van der Waals surface area contributed by atoms with Gasteiger partial charge in [0.05, 0.1) is 16.0 Å². The molecule has 31 heavy (non-hydrogen) atoms. The number of hydrogen-bond acceptors (Lipinski definition) is 5. The molecule has 8 heteroatoms. The second kappa shape index (κ2) is 7.37. The smallest absolute Gasteiger partial charge is 0.228 e. The number of pyridine rings is 1. The lowest BCUT2D eigenvalue weighted by atomic mass is 9.88. The summed E-state index contributed by atoms with van der Waals surface area (Å²) >= 11 is 2.21. The van der Waals surface area contributed by atoms with Crippen LogP contribution in [0.1, 0.15) is 30.4 Å². The van der Waals surface area contributed by atoms with Crippen molar-refractivity contribution in [1.82, 2.24) is 24.6 Å². The van der Waals surface area contributed by atoms with E-state index in [1.807, 2.05) is 0 Å². The van der Waals surface area contributed by atoms with E-state index in [0.717, 1.165) is 29.3 Å². The summed E-state index contributed by atoms with van der Waals surface area (Å²) in [5.41, 5.74) is 7.08. The van der Waals surface area contributed by atoms with Gasteiger partial charge < -0.3 is 5.32 Å². The van der Waals surface area contributed by atoms with Gasteiger partial charge in [0.25, 0.3) is 0 Å². The average molecular weight is 524 g/mol. The third-order valence-electron chi connectivity index (χ3n) is 6.04. The summed E-state index contributed by atoms with van der Waals surface area (Å²) in [7, 11) is 0. The van der Waals surface area contributed by atoms with Crippen molar-refractivity contribution < 1.29 is 4.39 Å². The number of fused-ring (bicyclic) bond motifs is 3. The van der Waals surface area contributed by atoms with Crippen molar-refractivity contribution in [3.8, 4) is 11.4 Å². The molecular weight excluding hydrogens is 506 g/mol. The zero-order valence-corrected chi connectivity index (χ0v) is 18.7. The number of hydrogen-bond donors (Lipinski definition) is 1. The summed E-state index contributed by atoms with van der Waals surface area (Å²) < 4.78 is 16.4. The second-order valence-corrected chi connectivity index (χ2v) is 9.15. The first-order valence-electron chi connectivity index (χ1n) is 10.2. The zero-order valence-electron chi connectivity index (χ0n) is 16.5. The first-order valence-corrected chi connectivity index (χ1v) is 11.3. The molecular formula is C23H18FIN6. The van der Waals surface area contributed by atoms with E-state index in [-0.39, 0.29) is 6.04 Å². The van der Waals surface area contributed by atoms with Crippen LogP contribution in [0.2, 0.25) is 0 Å². The highest BCUT2D eigenvalue weighted by Crippen LogP contribution is 2.42. The number of nitrogens with zero attached hydrogens (tertiary/aromatic N) is 5. The number of allylic oxidation sites excluding steroid dienone is 1. The van der Waals surface area contributed by atoms with Gasteiger partial charge >= 0.3 is 0 Å². The lowest BCUT2D eigenvalue weighted by molar-refractivity contribution is 0.621. The van der Waals surface area contributed by atoms with Gasteiger partial charge in [-0.1, -0.05) is 29.8 Å². The Morgan fingerprint density at radius 2 is 2.03 bits per heavy atom. The van der Waals surface area contributed by atoms with E-state index in [1.54, 1.807) is 22.5 Å². The largest absolute Gasteiger partial charge is 0.351 e. The summed E-state index contributed by atoms with van der Waals surface area (Å²) in [5, 5.41) is 8.06. The van der Waals surface area contributed by atoms with Crippen LogP contribution in [-0.4, -0.2) is 30.6 Å². The van der Waals surface area contributed by atoms with E-state index in [4.69, 9.17) is 4.98 Å². The van der Waals surface area contributed by atoms with Gasteiger partial charge in [-0.15, -0.1) is 0 Å². The van der Waals surface area contributed by atoms with Gasteiger partial charge in [-0.2, -0.15) is 14.6 Å². The monoisotopic (exact) mass is 524 g/mol. The van der Waals surface area contributed by atoms with Gasteiger partial charge in [0.1, 0.15) is 5.82 Å². The number of nitrogens with one attached hydrogen (secondary N) is 1. The van der Waals surface area contributed by atoms with Crippen LogP contribution in [0.25, 0.3) is 22.6 Å². The van der Waals surface area contributed by atoms with Crippen molar-refractivity contribution in [3.05, 3.63) is 75.0 Å². The predicted molar refractivity (Wildman–Crippen MR) is 125 cm³/mol. The highest BCUT2D eigenvalue weighted by atomic mass is 127. The van der Waals surface area contributed by atoms with Crippen molar-refractivity contribution in [1.29, 1.82) is 0 Å². The molecule has 0 bridgehead atoms. The van der Waals surface area contributed by atoms with Gasteiger partial charge in [0, 0.05) is 17.8 Å². The Morgan fingerprint density at radius 3 is 2.94 bits per heavy atom. The minimum Gasteiger partial charge on any atom is -0.351 e. The molecule has 6 rings (SSSR count). The highest BCUT2D eigenvalue weighted by molar-refractivity contribution is 14.1. The summed E-state index contributed by atoms with van der Waals surface area (Å²) in [6, 6.07) is 10.3. The Kier molecular flexibility index (Phi) is 4.48. The average Bonchev–Trinajstić information content (AvgIpc) is 3.34. The molecule has 154 valence electrons. The summed E-state index contributed by atoms with van der Waals surface area (Å²) in [6.45, 7) is 0. The molecule has 6 nitrogen and oxygen atoms in total. The fourth-order valence-corrected chi connectivity index (χ4v) is 5.07. The molecule has 0 aliphatic heterocycles. The maximum atomic E-state index is 13.7. The van der Waals surface area contributed by atoms with E-state index in [2.05, 4.69) is 67.2 Å². The van der Waals surface area contributed by atoms with E-state index in [9.17, 15) is 4.39 Å². The number of halogens is 2.